The van der Waals surface area contributed by atoms with Crippen LogP contribution in [0.3, 0.4) is 0 Å². The van der Waals surface area contributed by atoms with E-state index in [-0.39, 0.29) is 12.5 Å². The zero-order valence-corrected chi connectivity index (χ0v) is 11.7. The summed E-state index contributed by atoms with van der Waals surface area (Å²) < 4.78 is 4.35. The molecule has 0 radical (unpaired) electrons. The maximum atomic E-state index is 11.7. The standard InChI is InChI=1S/C13H17NO4S/c1-18-13(17)11(15)7-14-12(16)10-5-3-9(4-6-10)8-19-2/h3-6,11,15H,7-8H2,1-2H3,(H,14,16). The molecule has 1 aromatic rings. The van der Waals surface area contributed by atoms with E-state index in [2.05, 4.69) is 10.1 Å². The van der Waals surface area contributed by atoms with Crippen LogP contribution >= 0.6 is 11.8 Å². The van der Waals surface area contributed by atoms with Gasteiger partial charge < -0.3 is 15.2 Å². The van der Waals surface area contributed by atoms with Crippen molar-refractivity contribution in [3.05, 3.63) is 35.4 Å². The van der Waals surface area contributed by atoms with E-state index >= 15 is 0 Å². The van der Waals surface area contributed by atoms with Crippen LogP contribution in [0.15, 0.2) is 24.3 Å². The van der Waals surface area contributed by atoms with Gasteiger partial charge in [0.05, 0.1) is 13.7 Å². The first-order valence-electron chi connectivity index (χ1n) is 5.70. The summed E-state index contributed by atoms with van der Waals surface area (Å²) in [4.78, 5) is 22.7. The number of thioether (sulfide) groups is 1. The minimum absolute atomic E-state index is 0.169. The second-order valence-corrected chi connectivity index (χ2v) is 4.74. The first-order chi connectivity index (χ1) is 9.08. The summed E-state index contributed by atoms with van der Waals surface area (Å²) in [5.41, 5.74) is 1.63. The lowest BCUT2D eigenvalue weighted by Gasteiger charge is -2.10. The molecule has 1 atom stereocenters. The van der Waals surface area contributed by atoms with Crippen molar-refractivity contribution >= 4 is 23.6 Å². The van der Waals surface area contributed by atoms with E-state index in [0.717, 1.165) is 11.3 Å². The van der Waals surface area contributed by atoms with Crippen molar-refractivity contribution in [2.24, 2.45) is 0 Å². The number of ether oxygens (including phenoxy) is 1. The Morgan fingerprint density at radius 3 is 2.53 bits per heavy atom. The molecule has 0 fully saturated rings. The van der Waals surface area contributed by atoms with Gasteiger partial charge in [0.1, 0.15) is 0 Å². The molecule has 6 heteroatoms. The van der Waals surface area contributed by atoms with Crippen molar-refractivity contribution in [1.82, 2.24) is 5.32 Å². The first-order valence-corrected chi connectivity index (χ1v) is 7.09. The Kier molecular flexibility index (Phi) is 6.38. The second kappa shape index (κ2) is 7.81. The summed E-state index contributed by atoms with van der Waals surface area (Å²) in [6, 6.07) is 7.18. The number of methoxy groups -OCH3 is 1. The molecule has 1 aromatic carbocycles. The summed E-state index contributed by atoms with van der Waals surface area (Å²) in [6.45, 7) is -0.169. The molecule has 19 heavy (non-hydrogen) atoms. The Morgan fingerprint density at radius 1 is 1.37 bits per heavy atom. The number of hydrogen-bond acceptors (Lipinski definition) is 5. The van der Waals surface area contributed by atoms with Crippen LogP contribution < -0.4 is 5.32 Å². The summed E-state index contributed by atoms with van der Waals surface area (Å²) in [7, 11) is 1.18. The van der Waals surface area contributed by atoms with E-state index in [1.807, 2.05) is 18.4 Å². The van der Waals surface area contributed by atoms with E-state index in [0.29, 0.717) is 5.56 Å². The monoisotopic (exact) mass is 283 g/mol. The number of rotatable bonds is 6. The summed E-state index contributed by atoms with van der Waals surface area (Å²) in [5, 5.41) is 11.8. The maximum absolute atomic E-state index is 11.7. The van der Waals surface area contributed by atoms with Crippen molar-refractivity contribution in [2.45, 2.75) is 11.9 Å². The number of benzene rings is 1. The highest BCUT2D eigenvalue weighted by molar-refractivity contribution is 7.97. The Balaban J connectivity index is 2.51. The van der Waals surface area contributed by atoms with Gasteiger partial charge in [0, 0.05) is 11.3 Å². The van der Waals surface area contributed by atoms with E-state index in [1.54, 1.807) is 23.9 Å². The van der Waals surface area contributed by atoms with Crippen LogP contribution in [0, 0.1) is 0 Å². The minimum Gasteiger partial charge on any atom is -0.467 e. The molecule has 1 rings (SSSR count). The zero-order valence-electron chi connectivity index (χ0n) is 10.9. The van der Waals surface area contributed by atoms with Gasteiger partial charge in [-0.3, -0.25) is 4.79 Å². The molecule has 0 aliphatic rings. The third kappa shape index (κ3) is 4.92. The molecule has 0 aromatic heterocycles. The molecule has 0 saturated heterocycles. The fourth-order valence-electron chi connectivity index (χ4n) is 1.43. The third-order valence-electron chi connectivity index (χ3n) is 2.46. The lowest BCUT2D eigenvalue weighted by atomic mass is 10.1. The Morgan fingerprint density at radius 2 is 2.00 bits per heavy atom. The molecule has 0 spiro atoms. The van der Waals surface area contributed by atoms with Crippen molar-refractivity contribution in [3.8, 4) is 0 Å². The molecule has 0 saturated carbocycles. The highest BCUT2D eigenvalue weighted by Crippen LogP contribution is 2.10. The largest absolute Gasteiger partial charge is 0.467 e. The smallest absolute Gasteiger partial charge is 0.336 e. The van der Waals surface area contributed by atoms with Crippen LogP contribution in [0.5, 0.6) is 0 Å². The predicted molar refractivity (Wildman–Crippen MR) is 74.0 cm³/mol. The molecule has 104 valence electrons. The van der Waals surface area contributed by atoms with E-state index in [4.69, 9.17) is 0 Å². The third-order valence-corrected chi connectivity index (χ3v) is 3.08. The Bertz CT molecular complexity index is 433. The van der Waals surface area contributed by atoms with Crippen LogP contribution in [0.2, 0.25) is 0 Å². The van der Waals surface area contributed by atoms with Gasteiger partial charge in [-0.1, -0.05) is 12.1 Å². The van der Waals surface area contributed by atoms with Crippen molar-refractivity contribution in [2.75, 3.05) is 19.9 Å². The van der Waals surface area contributed by atoms with Crippen LogP contribution in [-0.4, -0.2) is 43.0 Å². The second-order valence-electron chi connectivity index (χ2n) is 3.88. The number of nitrogens with one attached hydrogen (secondary N) is 1. The number of carbonyl (C=O) groups excluding carboxylic acids is 2. The molecule has 2 N–H and O–H groups in total. The quantitative estimate of drug-likeness (QED) is 0.756. The number of aliphatic hydroxyl groups is 1. The lowest BCUT2D eigenvalue weighted by Crippen LogP contribution is -2.37. The van der Waals surface area contributed by atoms with Crippen molar-refractivity contribution < 1.29 is 19.4 Å². The van der Waals surface area contributed by atoms with Gasteiger partial charge in [-0.05, 0) is 24.0 Å². The topological polar surface area (TPSA) is 75.6 Å². The lowest BCUT2D eigenvalue weighted by molar-refractivity contribution is -0.149. The van der Waals surface area contributed by atoms with Gasteiger partial charge in [0.2, 0.25) is 0 Å². The van der Waals surface area contributed by atoms with Crippen LogP contribution in [-0.2, 0) is 15.3 Å². The Hall–Kier alpha value is -1.53. The number of aliphatic hydroxyl groups excluding tert-OH is 1. The summed E-state index contributed by atoms with van der Waals surface area (Å²) in [5.74, 6) is -0.211. The predicted octanol–water partition coefficient (Wildman–Crippen LogP) is 0.813. The highest BCUT2D eigenvalue weighted by atomic mass is 32.2. The van der Waals surface area contributed by atoms with Gasteiger partial charge >= 0.3 is 5.97 Å². The van der Waals surface area contributed by atoms with Crippen molar-refractivity contribution in [3.63, 3.8) is 0 Å². The van der Waals surface area contributed by atoms with Gasteiger partial charge in [-0.25, -0.2) is 4.79 Å². The summed E-state index contributed by atoms with van der Waals surface area (Å²) in [6.07, 6.45) is 0.666. The van der Waals surface area contributed by atoms with Gasteiger partial charge in [-0.15, -0.1) is 0 Å². The number of amides is 1. The molecule has 5 nitrogen and oxygen atoms in total. The molecular weight excluding hydrogens is 266 g/mol. The summed E-state index contributed by atoms with van der Waals surface area (Å²) >= 11 is 1.70. The zero-order chi connectivity index (χ0) is 14.3. The molecular formula is C13H17NO4S. The van der Waals surface area contributed by atoms with Gasteiger partial charge in [0.15, 0.2) is 6.10 Å². The molecule has 0 aliphatic heterocycles. The van der Waals surface area contributed by atoms with Crippen LogP contribution in [0.25, 0.3) is 0 Å². The van der Waals surface area contributed by atoms with Crippen LogP contribution in [0.4, 0.5) is 0 Å². The average Bonchev–Trinajstić information content (AvgIpc) is 2.44. The normalized spacial score (nSPS) is 11.7. The number of carbonyl (C=O) groups is 2. The van der Waals surface area contributed by atoms with Gasteiger partial charge in [0.25, 0.3) is 5.91 Å². The highest BCUT2D eigenvalue weighted by Gasteiger charge is 2.16. The molecule has 0 bridgehead atoms. The first kappa shape index (κ1) is 15.5. The number of esters is 1. The minimum atomic E-state index is -1.34. The van der Waals surface area contributed by atoms with Crippen molar-refractivity contribution in [1.29, 1.82) is 0 Å². The average molecular weight is 283 g/mol. The van der Waals surface area contributed by atoms with E-state index in [1.165, 1.54) is 7.11 Å². The molecule has 1 unspecified atom stereocenters. The Labute approximate surface area is 116 Å². The molecule has 0 aliphatic carbocycles. The van der Waals surface area contributed by atoms with Gasteiger partial charge in [-0.2, -0.15) is 11.8 Å². The SMILES string of the molecule is COC(=O)C(O)CNC(=O)c1ccc(CSC)cc1. The number of hydrogen-bond donors (Lipinski definition) is 2. The fourth-order valence-corrected chi connectivity index (χ4v) is 1.96. The van der Waals surface area contributed by atoms with E-state index < -0.39 is 12.1 Å². The van der Waals surface area contributed by atoms with E-state index in [9.17, 15) is 14.7 Å². The molecule has 0 heterocycles. The molecule has 1 amide bonds. The fraction of sp³-hybridized carbons (Fsp3) is 0.385. The van der Waals surface area contributed by atoms with Crippen LogP contribution in [0.1, 0.15) is 15.9 Å². The maximum Gasteiger partial charge on any atom is 0.336 e.